The minimum absolute atomic E-state index is 0.00857. The smallest absolute Gasteiger partial charge is 0.325 e. The number of benzene rings is 2. The Morgan fingerprint density at radius 2 is 1.96 bits per heavy atom. The second-order valence-corrected chi connectivity index (χ2v) is 6.63. The van der Waals surface area contributed by atoms with Gasteiger partial charge in [0.2, 0.25) is 0 Å². The average Bonchev–Trinajstić information content (AvgIpc) is 2.97. The summed E-state index contributed by atoms with van der Waals surface area (Å²) in [5.74, 6) is -0.206. The van der Waals surface area contributed by atoms with E-state index >= 15 is 0 Å². The molecule has 2 aromatic carbocycles. The molecule has 0 unspecified atom stereocenters. The van der Waals surface area contributed by atoms with Crippen molar-refractivity contribution in [1.82, 2.24) is 4.57 Å². The van der Waals surface area contributed by atoms with E-state index in [0.29, 0.717) is 10.6 Å². The molecule has 0 radical (unpaired) electrons. The molecule has 3 aromatic rings. The number of hydrogen-bond donors (Lipinski definition) is 0. The van der Waals surface area contributed by atoms with Crippen LogP contribution in [0.4, 0.5) is 0 Å². The lowest BCUT2D eigenvalue weighted by molar-refractivity contribution is -0.141. The molecule has 134 valence electrons. The van der Waals surface area contributed by atoms with Crippen molar-refractivity contribution in [2.24, 2.45) is 4.99 Å². The topological polar surface area (TPSA) is 69.9 Å². The Morgan fingerprint density at radius 3 is 2.73 bits per heavy atom. The van der Waals surface area contributed by atoms with Crippen molar-refractivity contribution in [2.45, 2.75) is 13.5 Å². The van der Waals surface area contributed by atoms with Crippen LogP contribution in [-0.2, 0) is 20.9 Å². The molecule has 0 bridgehead atoms. The maximum absolute atomic E-state index is 12.2. The number of nitrogens with zero attached hydrogens (tertiary/aromatic N) is 2. The number of aryl methyl sites for hydroxylation is 1. The first-order valence-electron chi connectivity index (χ1n) is 7.99. The zero-order valence-electron chi connectivity index (χ0n) is 14.5. The van der Waals surface area contributed by atoms with Crippen LogP contribution in [0.25, 0.3) is 10.2 Å². The fraction of sp³-hybridized carbons (Fsp3) is 0.211. The third-order valence-corrected chi connectivity index (χ3v) is 4.73. The van der Waals surface area contributed by atoms with Crippen LogP contribution in [0.15, 0.2) is 53.5 Å². The van der Waals surface area contributed by atoms with Crippen LogP contribution in [0, 0.1) is 6.92 Å². The summed E-state index contributed by atoms with van der Waals surface area (Å²) < 4.78 is 12.8. The number of amides is 1. The Labute approximate surface area is 154 Å². The SMILES string of the molecule is COC(=O)Cn1c(=NC(=O)COc2cccc(C)c2)sc2ccccc21. The molecule has 0 saturated carbocycles. The molecule has 0 aliphatic rings. The molecule has 6 nitrogen and oxygen atoms in total. The highest BCUT2D eigenvalue weighted by Gasteiger charge is 2.11. The Morgan fingerprint density at radius 1 is 1.15 bits per heavy atom. The van der Waals surface area contributed by atoms with Crippen LogP contribution < -0.4 is 9.54 Å². The highest BCUT2D eigenvalue weighted by molar-refractivity contribution is 7.16. The van der Waals surface area contributed by atoms with Gasteiger partial charge < -0.3 is 14.0 Å². The maximum atomic E-state index is 12.2. The molecule has 0 aliphatic carbocycles. The zero-order valence-corrected chi connectivity index (χ0v) is 15.3. The minimum atomic E-state index is -0.420. The Hall–Kier alpha value is -2.93. The summed E-state index contributed by atoms with van der Waals surface area (Å²) in [6, 6.07) is 15.0. The first-order chi connectivity index (χ1) is 12.6. The molecule has 7 heteroatoms. The molecule has 3 rings (SSSR count). The van der Waals surface area contributed by atoms with Gasteiger partial charge >= 0.3 is 5.97 Å². The van der Waals surface area contributed by atoms with Crippen molar-refractivity contribution in [3.8, 4) is 5.75 Å². The van der Waals surface area contributed by atoms with E-state index in [2.05, 4.69) is 4.99 Å². The lowest BCUT2D eigenvalue weighted by Crippen LogP contribution is -2.23. The second kappa shape index (κ2) is 7.97. The molecule has 0 saturated heterocycles. The van der Waals surface area contributed by atoms with Crippen LogP contribution in [0.5, 0.6) is 5.75 Å². The van der Waals surface area contributed by atoms with Crippen molar-refractivity contribution in [1.29, 1.82) is 0 Å². The number of para-hydroxylation sites is 1. The number of hydrogen-bond acceptors (Lipinski definition) is 5. The van der Waals surface area contributed by atoms with E-state index in [4.69, 9.17) is 9.47 Å². The molecule has 26 heavy (non-hydrogen) atoms. The van der Waals surface area contributed by atoms with Crippen LogP contribution >= 0.6 is 11.3 Å². The lowest BCUT2D eigenvalue weighted by atomic mass is 10.2. The van der Waals surface area contributed by atoms with Crippen LogP contribution in [-0.4, -0.2) is 30.2 Å². The van der Waals surface area contributed by atoms with Crippen molar-refractivity contribution in [3.05, 3.63) is 58.9 Å². The molecular formula is C19H18N2O4S. The van der Waals surface area contributed by atoms with E-state index in [-0.39, 0.29) is 13.2 Å². The monoisotopic (exact) mass is 370 g/mol. The summed E-state index contributed by atoms with van der Waals surface area (Å²) in [5.41, 5.74) is 1.88. The van der Waals surface area contributed by atoms with Gasteiger partial charge in [0.25, 0.3) is 5.91 Å². The predicted molar refractivity (Wildman–Crippen MR) is 99.1 cm³/mol. The fourth-order valence-corrected chi connectivity index (χ4v) is 3.49. The number of fused-ring (bicyclic) bond motifs is 1. The van der Waals surface area contributed by atoms with Gasteiger partial charge in [-0.3, -0.25) is 9.59 Å². The summed E-state index contributed by atoms with van der Waals surface area (Å²) >= 11 is 1.34. The predicted octanol–water partition coefficient (Wildman–Crippen LogP) is 2.69. The molecule has 0 spiro atoms. The van der Waals surface area contributed by atoms with Gasteiger partial charge in [-0.1, -0.05) is 35.6 Å². The van der Waals surface area contributed by atoms with Gasteiger partial charge in [0.1, 0.15) is 12.3 Å². The molecular weight excluding hydrogens is 352 g/mol. The maximum Gasteiger partial charge on any atom is 0.325 e. The molecule has 1 heterocycles. The van der Waals surface area contributed by atoms with Crippen LogP contribution in [0.1, 0.15) is 5.56 Å². The largest absolute Gasteiger partial charge is 0.484 e. The number of carbonyl (C=O) groups excluding carboxylic acids is 2. The van der Waals surface area contributed by atoms with Gasteiger partial charge in [0, 0.05) is 0 Å². The van der Waals surface area contributed by atoms with Crippen LogP contribution in [0.2, 0.25) is 0 Å². The third-order valence-electron chi connectivity index (χ3n) is 3.68. The summed E-state index contributed by atoms with van der Waals surface area (Å²) in [4.78, 5) is 28.5. The number of esters is 1. The van der Waals surface area contributed by atoms with Crippen molar-refractivity contribution in [3.63, 3.8) is 0 Å². The van der Waals surface area contributed by atoms with Gasteiger partial charge in [0.15, 0.2) is 11.4 Å². The Bertz CT molecular complexity index is 1020. The average molecular weight is 370 g/mol. The third kappa shape index (κ3) is 4.18. The number of thiazole rings is 1. The molecule has 1 aromatic heterocycles. The normalized spacial score (nSPS) is 11.5. The van der Waals surface area contributed by atoms with Gasteiger partial charge in [-0.15, -0.1) is 0 Å². The number of rotatable bonds is 5. The first-order valence-corrected chi connectivity index (χ1v) is 8.80. The van der Waals surface area contributed by atoms with Gasteiger partial charge in [-0.2, -0.15) is 4.99 Å². The minimum Gasteiger partial charge on any atom is -0.484 e. The van der Waals surface area contributed by atoms with Gasteiger partial charge in [-0.25, -0.2) is 0 Å². The van der Waals surface area contributed by atoms with E-state index in [1.807, 2.05) is 49.4 Å². The summed E-state index contributed by atoms with van der Waals surface area (Å²) in [6.07, 6.45) is 0. The van der Waals surface area contributed by atoms with Crippen LogP contribution in [0.3, 0.4) is 0 Å². The molecule has 0 aliphatic heterocycles. The molecule has 1 amide bonds. The number of carbonyl (C=O) groups is 2. The van der Waals surface area contributed by atoms with Gasteiger partial charge in [0.05, 0.1) is 17.3 Å². The van der Waals surface area contributed by atoms with Gasteiger partial charge in [-0.05, 0) is 36.8 Å². The first kappa shape index (κ1) is 17.9. The summed E-state index contributed by atoms with van der Waals surface area (Å²) in [7, 11) is 1.33. The van der Waals surface area contributed by atoms with E-state index in [1.165, 1.54) is 18.4 Å². The zero-order chi connectivity index (χ0) is 18.5. The van der Waals surface area contributed by atoms with Crippen molar-refractivity contribution >= 4 is 33.4 Å². The Kier molecular flexibility index (Phi) is 5.48. The fourth-order valence-electron chi connectivity index (χ4n) is 2.44. The van der Waals surface area contributed by atoms with E-state index in [0.717, 1.165) is 15.8 Å². The van der Waals surface area contributed by atoms with E-state index in [1.54, 1.807) is 10.6 Å². The number of ether oxygens (including phenoxy) is 2. The van der Waals surface area contributed by atoms with E-state index < -0.39 is 11.9 Å². The lowest BCUT2D eigenvalue weighted by Gasteiger charge is -2.05. The molecule has 0 atom stereocenters. The quantitative estimate of drug-likeness (QED) is 0.648. The van der Waals surface area contributed by atoms with E-state index in [9.17, 15) is 9.59 Å². The standard InChI is InChI=1S/C19H18N2O4S/c1-13-6-5-7-14(10-13)25-12-17(22)20-19-21(11-18(23)24-2)15-8-3-4-9-16(15)26-19/h3-10H,11-12H2,1-2H3. The highest BCUT2D eigenvalue weighted by Crippen LogP contribution is 2.17. The molecule has 0 fully saturated rings. The van der Waals surface area contributed by atoms with Crippen molar-refractivity contribution in [2.75, 3.05) is 13.7 Å². The number of methoxy groups -OCH3 is 1. The van der Waals surface area contributed by atoms with Crippen molar-refractivity contribution < 1.29 is 19.1 Å². The highest BCUT2D eigenvalue weighted by atomic mass is 32.1. The molecule has 0 N–H and O–H groups in total. The summed E-state index contributed by atoms with van der Waals surface area (Å²) in [5, 5.41) is 0. The second-order valence-electron chi connectivity index (χ2n) is 5.63. The number of aromatic nitrogens is 1. The summed E-state index contributed by atoms with van der Waals surface area (Å²) in [6.45, 7) is 1.77. The Balaban J connectivity index is 1.86.